The molecule has 0 unspecified atom stereocenters. The summed E-state index contributed by atoms with van der Waals surface area (Å²) in [6.45, 7) is 5.72. The normalized spacial score (nSPS) is 10.2. The first-order valence-corrected chi connectivity index (χ1v) is 8.00. The van der Waals surface area contributed by atoms with Crippen LogP contribution in [0.5, 0.6) is 5.75 Å². The summed E-state index contributed by atoms with van der Waals surface area (Å²) >= 11 is 1.16. The number of nitrogens with zero attached hydrogens (tertiary/aromatic N) is 1. The van der Waals surface area contributed by atoms with Gasteiger partial charge in [-0.2, -0.15) is 0 Å². The molecule has 0 saturated heterocycles. The maximum Gasteiger partial charge on any atom is 0.357 e. The lowest BCUT2D eigenvalue weighted by atomic mass is 10.1. The van der Waals surface area contributed by atoms with Crippen molar-refractivity contribution >= 4 is 28.3 Å². The predicted octanol–water partition coefficient (Wildman–Crippen LogP) is 2.95. The molecular formula is C16H18N2O4S. The fraction of sp³-hybridized carbons (Fsp3) is 0.312. The number of nitrogens with one attached hydrogen (secondary N) is 1. The first-order valence-electron chi connectivity index (χ1n) is 7.12. The average Bonchev–Trinajstić information content (AvgIpc) is 2.95. The van der Waals surface area contributed by atoms with Crippen LogP contribution in [-0.4, -0.2) is 30.1 Å². The van der Waals surface area contributed by atoms with E-state index in [4.69, 9.17) is 9.47 Å². The molecule has 1 N–H and O–H groups in total. The van der Waals surface area contributed by atoms with Crippen molar-refractivity contribution in [1.82, 2.24) is 4.98 Å². The Labute approximate surface area is 138 Å². The molecule has 0 atom stereocenters. The predicted molar refractivity (Wildman–Crippen MR) is 88.1 cm³/mol. The third-order valence-corrected chi connectivity index (χ3v) is 3.75. The van der Waals surface area contributed by atoms with Crippen molar-refractivity contribution < 1.29 is 19.1 Å². The highest BCUT2D eigenvalue weighted by Crippen LogP contribution is 2.22. The van der Waals surface area contributed by atoms with Gasteiger partial charge in [0.2, 0.25) is 0 Å². The van der Waals surface area contributed by atoms with Crippen molar-refractivity contribution in [3.8, 4) is 5.75 Å². The number of esters is 1. The molecule has 1 aromatic carbocycles. The summed E-state index contributed by atoms with van der Waals surface area (Å²) in [6.07, 6.45) is 0. The molecule has 1 amide bonds. The number of carbonyl (C=O) groups is 2. The smallest absolute Gasteiger partial charge is 0.357 e. The lowest BCUT2D eigenvalue weighted by Gasteiger charge is -2.11. The van der Waals surface area contributed by atoms with Crippen molar-refractivity contribution in [2.75, 3.05) is 18.5 Å². The van der Waals surface area contributed by atoms with E-state index in [1.807, 2.05) is 32.0 Å². The molecule has 1 aromatic heterocycles. The third-order valence-electron chi connectivity index (χ3n) is 2.99. The monoisotopic (exact) mass is 334 g/mol. The minimum atomic E-state index is -0.504. The zero-order chi connectivity index (χ0) is 16.8. The van der Waals surface area contributed by atoms with Crippen molar-refractivity contribution in [2.45, 2.75) is 20.8 Å². The fourth-order valence-electron chi connectivity index (χ4n) is 1.95. The Hall–Kier alpha value is -2.41. The Morgan fingerprint density at radius 1 is 1.26 bits per heavy atom. The van der Waals surface area contributed by atoms with Gasteiger partial charge >= 0.3 is 5.97 Å². The lowest BCUT2D eigenvalue weighted by molar-refractivity contribution is -0.118. The fourth-order valence-corrected chi connectivity index (χ4v) is 2.65. The Morgan fingerprint density at radius 3 is 2.61 bits per heavy atom. The second-order valence-corrected chi connectivity index (χ2v) is 5.67. The molecule has 2 aromatic rings. The number of thiazole rings is 1. The third kappa shape index (κ3) is 4.53. The van der Waals surface area contributed by atoms with Crippen molar-refractivity contribution in [3.05, 3.63) is 40.4 Å². The summed E-state index contributed by atoms with van der Waals surface area (Å²) in [6, 6.07) is 5.78. The highest BCUT2D eigenvalue weighted by Gasteiger charge is 2.14. The van der Waals surface area contributed by atoms with E-state index in [1.54, 1.807) is 12.3 Å². The average molecular weight is 334 g/mol. The zero-order valence-corrected chi connectivity index (χ0v) is 14.0. The van der Waals surface area contributed by atoms with Gasteiger partial charge in [-0.1, -0.05) is 18.2 Å². The summed E-state index contributed by atoms with van der Waals surface area (Å²) in [5, 5.41) is 4.48. The minimum absolute atomic E-state index is 0.125. The van der Waals surface area contributed by atoms with Crippen LogP contribution in [0.15, 0.2) is 23.6 Å². The van der Waals surface area contributed by atoms with Crippen molar-refractivity contribution in [3.63, 3.8) is 0 Å². The highest BCUT2D eigenvalue weighted by molar-refractivity contribution is 7.14. The molecule has 0 bridgehead atoms. The number of hydrogen-bond acceptors (Lipinski definition) is 6. The van der Waals surface area contributed by atoms with E-state index in [9.17, 15) is 9.59 Å². The van der Waals surface area contributed by atoms with E-state index >= 15 is 0 Å². The first kappa shape index (κ1) is 17.0. The van der Waals surface area contributed by atoms with Gasteiger partial charge in [0, 0.05) is 5.38 Å². The molecule has 2 rings (SSSR count). The van der Waals surface area contributed by atoms with Crippen LogP contribution in [0.3, 0.4) is 0 Å². The van der Waals surface area contributed by atoms with Gasteiger partial charge in [0.15, 0.2) is 17.4 Å². The standard InChI is InChI=1S/C16H18N2O4S/c1-4-21-15(20)12-9-23-16(17-12)18-13(19)8-22-14-10(2)6-5-7-11(14)3/h5-7,9H,4,8H2,1-3H3,(H,17,18,19). The molecule has 0 spiro atoms. The maximum atomic E-state index is 11.9. The molecule has 0 fully saturated rings. The second-order valence-electron chi connectivity index (χ2n) is 4.82. The van der Waals surface area contributed by atoms with E-state index in [-0.39, 0.29) is 24.8 Å². The molecule has 0 saturated carbocycles. The number of ether oxygens (including phenoxy) is 2. The van der Waals surface area contributed by atoms with Crippen LogP contribution in [0.1, 0.15) is 28.5 Å². The molecule has 7 heteroatoms. The van der Waals surface area contributed by atoms with Crippen LogP contribution in [-0.2, 0) is 9.53 Å². The van der Waals surface area contributed by atoms with Crippen LogP contribution in [0, 0.1) is 13.8 Å². The number of hydrogen-bond donors (Lipinski definition) is 1. The summed E-state index contributed by atoms with van der Waals surface area (Å²) in [5.74, 6) is -0.137. The van der Waals surface area contributed by atoms with Gasteiger partial charge in [0.05, 0.1) is 6.61 Å². The van der Waals surface area contributed by atoms with E-state index in [0.29, 0.717) is 10.9 Å². The van der Waals surface area contributed by atoms with Crippen LogP contribution in [0.2, 0.25) is 0 Å². The van der Waals surface area contributed by atoms with Gasteiger partial charge in [-0.15, -0.1) is 11.3 Å². The Kier molecular flexibility index (Phi) is 5.70. The minimum Gasteiger partial charge on any atom is -0.483 e. The van der Waals surface area contributed by atoms with Gasteiger partial charge in [-0.3, -0.25) is 10.1 Å². The zero-order valence-electron chi connectivity index (χ0n) is 13.2. The second kappa shape index (κ2) is 7.73. The van der Waals surface area contributed by atoms with Gasteiger partial charge in [0.1, 0.15) is 5.75 Å². The van der Waals surface area contributed by atoms with Crippen LogP contribution < -0.4 is 10.1 Å². The number of benzene rings is 1. The molecule has 23 heavy (non-hydrogen) atoms. The number of amides is 1. The van der Waals surface area contributed by atoms with Gasteiger partial charge in [-0.05, 0) is 31.9 Å². The highest BCUT2D eigenvalue weighted by atomic mass is 32.1. The number of anilines is 1. The molecule has 1 heterocycles. The summed E-state index contributed by atoms with van der Waals surface area (Å²) in [7, 11) is 0. The van der Waals surface area contributed by atoms with Crippen molar-refractivity contribution in [1.29, 1.82) is 0 Å². The number of aromatic nitrogens is 1. The molecular weight excluding hydrogens is 316 g/mol. The lowest BCUT2D eigenvalue weighted by Crippen LogP contribution is -2.20. The molecule has 122 valence electrons. The maximum absolute atomic E-state index is 11.9. The Morgan fingerprint density at radius 2 is 1.96 bits per heavy atom. The summed E-state index contributed by atoms with van der Waals surface area (Å²) in [5.41, 5.74) is 2.12. The van der Waals surface area contributed by atoms with E-state index in [2.05, 4.69) is 10.3 Å². The van der Waals surface area contributed by atoms with Gasteiger partial charge in [0.25, 0.3) is 5.91 Å². The largest absolute Gasteiger partial charge is 0.483 e. The SMILES string of the molecule is CCOC(=O)c1csc(NC(=O)COc2c(C)cccc2C)n1. The summed E-state index contributed by atoms with van der Waals surface area (Å²) < 4.78 is 10.4. The molecule has 6 nitrogen and oxygen atoms in total. The summed E-state index contributed by atoms with van der Waals surface area (Å²) in [4.78, 5) is 27.5. The molecule has 0 radical (unpaired) electrons. The molecule has 0 aliphatic rings. The van der Waals surface area contributed by atoms with Crippen LogP contribution >= 0.6 is 11.3 Å². The van der Waals surface area contributed by atoms with E-state index < -0.39 is 5.97 Å². The van der Waals surface area contributed by atoms with Crippen LogP contribution in [0.25, 0.3) is 0 Å². The number of para-hydroxylation sites is 1. The number of carbonyl (C=O) groups excluding carboxylic acids is 2. The topological polar surface area (TPSA) is 77.5 Å². The Balaban J connectivity index is 1.91. The van der Waals surface area contributed by atoms with Crippen molar-refractivity contribution in [2.24, 2.45) is 0 Å². The van der Waals surface area contributed by atoms with Gasteiger partial charge < -0.3 is 9.47 Å². The van der Waals surface area contributed by atoms with E-state index in [0.717, 1.165) is 22.5 Å². The molecule has 0 aliphatic carbocycles. The van der Waals surface area contributed by atoms with Gasteiger partial charge in [-0.25, -0.2) is 9.78 Å². The molecule has 0 aliphatic heterocycles. The number of rotatable bonds is 6. The first-order chi connectivity index (χ1) is 11.0. The van der Waals surface area contributed by atoms with Crippen LogP contribution in [0.4, 0.5) is 5.13 Å². The number of aryl methyl sites for hydroxylation is 2. The quantitative estimate of drug-likeness (QED) is 0.822. The Bertz CT molecular complexity index is 692. The van der Waals surface area contributed by atoms with E-state index in [1.165, 1.54) is 0 Å².